The van der Waals surface area contributed by atoms with Crippen LogP contribution < -0.4 is 10.6 Å². The molecule has 2 N–H and O–H groups in total. The second-order valence-electron chi connectivity index (χ2n) is 4.07. The van der Waals surface area contributed by atoms with E-state index in [9.17, 15) is 4.39 Å². The zero-order chi connectivity index (χ0) is 13.0. The SMILES string of the molecule is CC(C)Nc1cnnc(Nc2ccccc2F)n1. The first kappa shape index (κ1) is 12.2. The molecule has 0 bridgehead atoms. The molecule has 0 aliphatic rings. The number of para-hydroxylation sites is 1. The molecule has 1 aromatic carbocycles. The van der Waals surface area contributed by atoms with Crippen molar-refractivity contribution >= 4 is 17.5 Å². The summed E-state index contributed by atoms with van der Waals surface area (Å²) >= 11 is 0. The summed E-state index contributed by atoms with van der Waals surface area (Å²) in [7, 11) is 0. The van der Waals surface area contributed by atoms with Crippen molar-refractivity contribution in [2.24, 2.45) is 0 Å². The van der Waals surface area contributed by atoms with Gasteiger partial charge in [0.15, 0.2) is 5.82 Å². The van der Waals surface area contributed by atoms with Crippen LogP contribution in [0.15, 0.2) is 30.5 Å². The van der Waals surface area contributed by atoms with Gasteiger partial charge in [0, 0.05) is 6.04 Å². The Morgan fingerprint density at radius 1 is 1.22 bits per heavy atom. The lowest BCUT2D eigenvalue weighted by atomic mass is 10.3. The number of halogens is 1. The quantitative estimate of drug-likeness (QED) is 0.869. The molecule has 0 radical (unpaired) electrons. The summed E-state index contributed by atoms with van der Waals surface area (Å²) in [5.74, 6) is 0.493. The van der Waals surface area contributed by atoms with Crippen LogP contribution in [-0.4, -0.2) is 21.2 Å². The number of hydrogen-bond donors (Lipinski definition) is 2. The Morgan fingerprint density at radius 3 is 2.72 bits per heavy atom. The van der Waals surface area contributed by atoms with E-state index in [1.807, 2.05) is 13.8 Å². The zero-order valence-electron chi connectivity index (χ0n) is 10.2. The number of hydrogen-bond acceptors (Lipinski definition) is 5. The highest BCUT2D eigenvalue weighted by molar-refractivity contribution is 5.54. The van der Waals surface area contributed by atoms with Gasteiger partial charge in [-0.05, 0) is 26.0 Å². The normalized spacial score (nSPS) is 10.4. The Morgan fingerprint density at radius 2 is 2.00 bits per heavy atom. The van der Waals surface area contributed by atoms with Crippen LogP contribution in [-0.2, 0) is 0 Å². The summed E-state index contributed by atoms with van der Waals surface area (Å²) in [5, 5.41) is 13.5. The molecule has 94 valence electrons. The lowest BCUT2D eigenvalue weighted by Crippen LogP contribution is -2.12. The van der Waals surface area contributed by atoms with Crippen molar-refractivity contribution in [1.29, 1.82) is 0 Å². The van der Waals surface area contributed by atoms with E-state index < -0.39 is 0 Å². The molecule has 0 spiro atoms. The first-order chi connectivity index (χ1) is 8.65. The molecule has 2 aromatic rings. The van der Waals surface area contributed by atoms with Crippen molar-refractivity contribution in [3.05, 3.63) is 36.3 Å². The standard InChI is InChI=1S/C12H14FN5/c1-8(2)15-11-7-14-18-12(17-11)16-10-6-4-3-5-9(10)13/h3-8H,1-2H3,(H2,15,16,17,18). The predicted molar refractivity (Wildman–Crippen MR) is 68.3 cm³/mol. The third kappa shape index (κ3) is 3.13. The van der Waals surface area contributed by atoms with E-state index in [2.05, 4.69) is 25.8 Å². The van der Waals surface area contributed by atoms with Gasteiger partial charge in [0.1, 0.15) is 5.82 Å². The van der Waals surface area contributed by atoms with Crippen molar-refractivity contribution in [3.63, 3.8) is 0 Å². The van der Waals surface area contributed by atoms with Crippen LogP contribution in [0.3, 0.4) is 0 Å². The highest BCUT2D eigenvalue weighted by atomic mass is 19.1. The Balaban J connectivity index is 2.17. The number of nitrogens with one attached hydrogen (secondary N) is 2. The molecule has 1 heterocycles. The van der Waals surface area contributed by atoms with Crippen molar-refractivity contribution < 1.29 is 4.39 Å². The molecule has 5 nitrogen and oxygen atoms in total. The van der Waals surface area contributed by atoms with Gasteiger partial charge in [-0.1, -0.05) is 12.1 Å². The molecule has 0 saturated carbocycles. The first-order valence-electron chi connectivity index (χ1n) is 5.63. The summed E-state index contributed by atoms with van der Waals surface area (Å²) in [6, 6.07) is 6.57. The van der Waals surface area contributed by atoms with E-state index in [0.717, 1.165) is 0 Å². The average Bonchev–Trinajstić information content (AvgIpc) is 2.32. The maximum atomic E-state index is 13.4. The van der Waals surface area contributed by atoms with Gasteiger partial charge >= 0.3 is 0 Å². The highest BCUT2D eigenvalue weighted by Crippen LogP contribution is 2.16. The van der Waals surface area contributed by atoms with Crippen LogP contribution in [0.4, 0.5) is 21.8 Å². The summed E-state index contributed by atoms with van der Waals surface area (Å²) in [5.41, 5.74) is 0.320. The fourth-order valence-electron chi connectivity index (χ4n) is 1.40. The van der Waals surface area contributed by atoms with Gasteiger partial charge < -0.3 is 10.6 Å². The number of aromatic nitrogens is 3. The van der Waals surface area contributed by atoms with Crippen LogP contribution in [0, 0.1) is 5.82 Å². The molecule has 0 aliphatic carbocycles. The maximum absolute atomic E-state index is 13.4. The minimum Gasteiger partial charge on any atom is -0.366 e. The lowest BCUT2D eigenvalue weighted by molar-refractivity contribution is 0.631. The van der Waals surface area contributed by atoms with Crippen molar-refractivity contribution in [1.82, 2.24) is 15.2 Å². The number of nitrogens with zero attached hydrogens (tertiary/aromatic N) is 3. The van der Waals surface area contributed by atoms with Gasteiger partial charge in [-0.2, -0.15) is 10.1 Å². The van der Waals surface area contributed by atoms with Crippen molar-refractivity contribution in [2.75, 3.05) is 10.6 Å². The molecule has 0 amide bonds. The zero-order valence-corrected chi connectivity index (χ0v) is 10.2. The molecule has 1 aromatic heterocycles. The van der Waals surface area contributed by atoms with E-state index >= 15 is 0 Å². The van der Waals surface area contributed by atoms with Gasteiger partial charge in [-0.25, -0.2) is 4.39 Å². The van der Waals surface area contributed by atoms with Crippen LogP contribution in [0.2, 0.25) is 0 Å². The van der Waals surface area contributed by atoms with Crippen LogP contribution in [0.5, 0.6) is 0 Å². The van der Waals surface area contributed by atoms with Crippen LogP contribution in [0.25, 0.3) is 0 Å². The van der Waals surface area contributed by atoms with E-state index in [1.54, 1.807) is 18.2 Å². The Bertz CT molecular complexity index is 529. The Hall–Kier alpha value is -2.24. The minimum absolute atomic E-state index is 0.239. The molecule has 2 rings (SSSR count). The Labute approximate surface area is 104 Å². The van der Waals surface area contributed by atoms with Crippen LogP contribution in [0.1, 0.15) is 13.8 Å². The smallest absolute Gasteiger partial charge is 0.249 e. The van der Waals surface area contributed by atoms with Gasteiger partial charge in [-0.15, -0.1) is 5.10 Å². The average molecular weight is 247 g/mol. The monoisotopic (exact) mass is 247 g/mol. The highest BCUT2D eigenvalue weighted by Gasteiger charge is 2.05. The second kappa shape index (κ2) is 5.39. The van der Waals surface area contributed by atoms with E-state index in [-0.39, 0.29) is 17.8 Å². The topological polar surface area (TPSA) is 62.7 Å². The Kier molecular flexibility index (Phi) is 3.66. The lowest BCUT2D eigenvalue weighted by Gasteiger charge is -2.09. The molecular formula is C12H14FN5. The fourth-order valence-corrected chi connectivity index (χ4v) is 1.40. The fraction of sp³-hybridized carbons (Fsp3) is 0.250. The number of anilines is 3. The molecule has 0 atom stereocenters. The summed E-state index contributed by atoms with van der Waals surface area (Å²) in [6.07, 6.45) is 1.52. The minimum atomic E-state index is -0.358. The van der Waals surface area contributed by atoms with E-state index in [0.29, 0.717) is 11.5 Å². The van der Waals surface area contributed by atoms with Gasteiger partial charge in [0.05, 0.1) is 11.9 Å². The molecule has 0 unspecified atom stereocenters. The number of rotatable bonds is 4. The summed E-state index contributed by atoms with van der Waals surface area (Å²) in [4.78, 5) is 4.19. The molecular weight excluding hydrogens is 233 g/mol. The van der Waals surface area contributed by atoms with Crippen LogP contribution >= 0.6 is 0 Å². The van der Waals surface area contributed by atoms with Crippen molar-refractivity contribution in [2.45, 2.75) is 19.9 Å². The molecule has 0 fully saturated rings. The third-order valence-corrected chi connectivity index (χ3v) is 2.12. The van der Waals surface area contributed by atoms with Crippen molar-refractivity contribution in [3.8, 4) is 0 Å². The van der Waals surface area contributed by atoms with E-state index in [1.165, 1.54) is 12.3 Å². The van der Waals surface area contributed by atoms with Gasteiger partial charge in [0.25, 0.3) is 0 Å². The molecule has 6 heteroatoms. The summed E-state index contributed by atoms with van der Waals surface area (Å²) in [6.45, 7) is 3.98. The molecule has 0 saturated heterocycles. The largest absolute Gasteiger partial charge is 0.366 e. The van der Waals surface area contributed by atoms with E-state index in [4.69, 9.17) is 0 Å². The third-order valence-electron chi connectivity index (χ3n) is 2.12. The molecule has 18 heavy (non-hydrogen) atoms. The van der Waals surface area contributed by atoms with Gasteiger partial charge in [-0.3, -0.25) is 0 Å². The van der Waals surface area contributed by atoms with Gasteiger partial charge in [0.2, 0.25) is 5.95 Å². The number of benzene rings is 1. The predicted octanol–water partition coefficient (Wildman–Crippen LogP) is 2.57. The first-order valence-corrected chi connectivity index (χ1v) is 5.63. The maximum Gasteiger partial charge on any atom is 0.249 e. The molecule has 0 aliphatic heterocycles. The summed E-state index contributed by atoms with van der Waals surface area (Å²) < 4.78 is 13.4. The second-order valence-corrected chi connectivity index (χ2v) is 4.07.